The first kappa shape index (κ1) is 31.9. The van der Waals surface area contributed by atoms with Crippen LogP contribution in [-0.4, -0.2) is 19.5 Å². The van der Waals surface area contributed by atoms with Crippen molar-refractivity contribution in [3.05, 3.63) is 182 Å². The highest BCUT2D eigenvalue weighted by Gasteiger charge is 2.19. The van der Waals surface area contributed by atoms with Crippen LogP contribution in [0.4, 0.5) is 0 Å². The van der Waals surface area contributed by atoms with Crippen molar-refractivity contribution in [3.8, 4) is 51.0 Å². The zero-order valence-corrected chi connectivity index (χ0v) is 31.2. The summed E-state index contributed by atoms with van der Waals surface area (Å²) in [6.45, 7) is 0. The second kappa shape index (κ2) is 12.6. The molecule has 0 aliphatic heterocycles. The maximum Gasteiger partial charge on any atom is 0.164 e. The Morgan fingerprint density at radius 3 is 1.70 bits per heavy atom. The van der Waals surface area contributed by atoms with Crippen LogP contribution in [-0.2, 0) is 0 Å². The van der Waals surface area contributed by atoms with E-state index in [1.165, 1.54) is 53.2 Å². The van der Waals surface area contributed by atoms with E-state index in [0.717, 1.165) is 44.2 Å². The smallest absolute Gasteiger partial charge is 0.164 e. The lowest BCUT2D eigenvalue weighted by atomic mass is 10.0. The van der Waals surface area contributed by atoms with E-state index in [0.29, 0.717) is 17.5 Å². The topological polar surface area (TPSA) is 56.7 Å². The number of benzene rings is 8. The molecule has 0 amide bonds. The van der Waals surface area contributed by atoms with Crippen LogP contribution in [0.2, 0.25) is 0 Å². The maximum atomic E-state index is 6.56. The molecule has 0 saturated heterocycles. The Hall–Kier alpha value is -7.41. The van der Waals surface area contributed by atoms with E-state index in [9.17, 15) is 0 Å². The van der Waals surface area contributed by atoms with Crippen molar-refractivity contribution in [1.29, 1.82) is 0 Å². The summed E-state index contributed by atoms with van der Waals surface area (Å²) in [5.74, 6) is 1.89. The molecule has 0 N–H and O–H groups in total. The Bertz CT molecular complexity index is 3420. The predicted octanol–water partition coefficient (Wildman–Crippen LogP) is 13.9. The molecule has 0 fully saturated rings. The molecule has 0 aliphatic carbocycles. The summed E-state index contributed by atoms with van der Waals surface area (Å²) in [5, 5.41) is 7.12. The first-order chi connectivity index (χ1) is 28.2. The number of furan rings is 1. The van der Waals surface area contributed by atoms with E-state index in [2.05, 4.69) is 114 Å². The van der Waals surface area contributed by atoms with E-state index in [4.69, 9.17) is 19.4 Å². The van der Waals surface area contributed by atoms with Crippen molar-refractivity contribution in [3.63, 3.8) is 0 Å². The van der Waals surface area contributed by atoms with Gasteiger partial charge in [-0.25, -0.2) is 15.0 Å². The Morgan fingerprint density at radius 1 is 0.404 bits per heavy atom. The molecule has 0 saturated carbocycles. The summed E-state index contributed by atoms with van der Waals surface area (Å²) in [4.78, 5) is 14.8. The highest BCUT2D eigenvalue weighted by molar-refractivity contribution is 7.26. The molecule has 0 unspecified atom stereocenters. The zero-order chi connectivity index (χ0) is 37.5. The fraction of sp³-hybridized carbons (Fsp3) is 0. The summed E-state index contributed by atoms with van der Waals surface area (Å²) >= 11 is 1.85. The van der Waals surface area contributed by atoms with Crippen LogP contribution >= 0.6 is 11.3 Å². The number of hydrogen-bond donors (Lipinski definition) is 0. The molecule has 8 aromatic carbocycles. The Kier molecular flexibility index (Phi) is 7.03. The van der Waals surface area contributed by atoms with Crippen LogP contribution < -0.4 is 0 Å². The molecule has 4 heterocycles. The van der Waals surface area contributed by atoms with Gasteiger partial charge in [0, 0.05) is 58.4 Å². The molecule has 0 bridgehead atoms. The van der Waals surface area contributed by atoms with Crippen LogP contribution in [0.1, 0.15) is 0 Å². The summed E-state index contributed by atoms with van der Waals surface area (Å²) < 4.78 is 11.5. The van der Waals surface area contributed by atoms with Gasteiger partial charge in [-0.2, -0.15) is 0 Å². The average Bonchev–Trinajstić information content (AvgIpc) is 3.96. The molecular weight excluding hydrogens is 717 g/mol. The van der Waals surface area contributed by atoms with Crippen molar-refractivity contribution in [2.24, 2.45) is 0 Å². The van der Waals surface area contributed by atoms with Gasteiger partial charge in [0.2, 0.25) is 0 Å². The first-order valence-electron chi connectivity index (χ1n) is 19.0. The standard InChI is InChI=1S/C51H30N4OS/c1-3-13-31(14-4-1)49-52-50(32-15-5-2-6-16-32)54-51(53-49)34-26-28-44-40(29-34)38-27-25-33(30-45(38)56-44)35-19-11-20-39-47-43(23-12-24-46(47)57-48(35)39)55-41-21-9-7-17-36(41)37-18-8-10-22-42(37)55/h1-30H. The molecule has 6 heteroatoms. The van der Waals surface area contributed by atoms with Crippen molar-refractivity contribution in [1.82, 2.24) is 19.5 Å². The zero-order valence-electron chi connectivity index (χ0n) is 30.4. The van der Waals surface area contributed by atoms with Crippen molar-refractivity contribution in [2.75, 3.05) is 0 Å². The quantitative estimate of drug-likeness (QED) is 0.176. The molecule has 57 heavy (non-hydrogen) atoms. The Balaban J connectivity index is 0.987. The molecule has 0 aliphatic rings. The van der Waals surface area contributed by atoms with Gasteiger partial charge in [-0.1, -0.05) is 127 Å². The highest BCUT2D eigenvalue weighted by atomic mass is 32.1. The maximum absolute atomic E-state index is 6.56. The number of thiophene rings is 1. The van der Waals surface area contributed by atoms with Crippen molar-refractivity contribution < 1.29 is 4.42 Å². The third kappa shape index (κ3) is 5.04. The summed E-state index contributed by atoms with van der Waals surface area (Å²) in [7, 11) is 0. The second-order valence-corrected chi connectivity index (χ2v) is 15.4. The van der Waals surface area contributed by atoms with E-state index < -0.39 is 0 Å². The van der Waals surface area contributed by atoms with Gasteiger partial charge in [0.25, 0.3) is 0 Å². The lowest BCUT2D eigenvalue weighted by Gasteiger charge is -2.10. The number of fused-ring (bicyclic) bond motifs is 9. The fourth-order valence-electron chi connectivity index (χ4n) is 8.45. The van der Waals surface area contributed by atoms with Gasteiger partial charge in [-0.3, -0.25) is 0 Å². The summed E-state index contributed by atoms with van der Waals surface area (Å²) in [6.07, 6.45) is 0. The third-order valence-electron chi connectivity index (χ3n) is 11.1. The molecule has 12 aromatic rings. The molecule has 266 valence electrons. The van der Waals surface area contributed by atoms with Gasteiger partial charge < -0.3 is 8.98 Å². The number of aromatic nitrogens is 4. The SMILES string of the molecule is c1ccc(-c2nc(-c3ccccc3)nc(-c3ccc4oc5cc(-c6cccc7c6sc6cccc(-n8c9ccccc9c9ccccc98)c67)ccc5c4c3)n2)cc1. The van der Waals surface area contributed by atoms with E-state index >= 15 is 0 Å². The summed E-state index contributed by atoms with van der Waals surface area (Å²) in [6, 6.07) is 63.8. The molecule has 12 rings (SSSR count). The van der Waals surface area contributed by atoms with Gasteiger partial charge >= 0.3 is 0 Å². The van der Waals surface area contributed by atoms with Gasteiger partial charge in [0.05, 0.1) is 16.7 Å². The van der Waals surface area contributed by atoms with E-state index in [1.54, 1.807) is 0 Å². The van der Waals surface area contributed by atoms with Crippen molar-refractivity contribution in [2.45, 2.75) is 0 Å². The number of hydrogen-bond acceptors (Lipinski definition) is 5. The van der Waals surface area contributed by atoms with Crippen LogP contribution in [0.25, 0.3) is 115 Å². The molecular formula is C51H30N4OS. The second-order valence-electron chi connectivity index (χ2n) is 14.4. The average molecular weight is 747 g/mol. The summed E-state index contributed by atoms with van der Waals surface area (Å²) in [5.41, 5.74) is 10.4. The Morgan fingerprint density at radius 2 is 1.00 bits per heavy atom. The molecule has 5 nitrogen and oxygen atoms in total. The lowest BCUT2D eigenvalue weighted by Crippen LogP contribution is -2.00. The van der Waals surface area contributed by atoms with Crippen LogP contribution in [0.15, 0.2) is 186 Å². The third-order valence-corrected chi connectivity index (χ3v) is 12.3. The van der Waals surface area contributed by atoms with Gasteiger partial charge in [-0.15, -0.1) is 11.3 Å². The minimum Gasteiger partial charge on any atom is -0.456 e. The number of para-hydroxylation sites is 2. The van der Waals surface area contributed by atoms with Crippen LogP contribution in [0.5, 0.6) is 0 Å². The monoisotopic (exact) mass is 746 g/mol. The van der Waals surface area contributed by atoms with Gasteiger partial charge in [-0.05, 0) is 65.7 Å². The van der Waals surface area contributed by atoms with Crippen molar-refractivity contribution >= 4 is 75.3 Å². The molecule has 0 spiro atoms. The van der Waals surface area contributed by atoms with Crippen LogP contribution in [0.3, 0.4) is 0 Å². The minimum atomic E-state index is 0.618. The van der Waals surface area contributed by atoms with Gasteiger partial charge in [0.15, 0.2) is 17.5 Å². The first-order valence-corrected chi connectivity index (χ1v) is 19.8. The van der Waals surface area contributed by atoms with E-state index in [-0.39, 0.29) is 0 Å². The minimum absolute atomic E-state index is 0.618. The van der Waals surface area contributed by atoms with Crippen LogP contribution in [0, 0.1) is 0 Å². The highest BCUT2D eigenvalue weighted by Crippen LogP contribution is 2.45. The molecule has 4 aromatic heterocycles. The Labute approximate surface area is 330 Å². The molecule has 0 atom stereocenters. The normalized spacial score (nSPS) is 11.9. The predicted molar refractivity (Wildman–Crippen MR) is 236 cm³/mol. The number of nitrogens with zero attached hydrogens (tertiary/aromatic N) is 4. The fourth-order valence-corrected chi connectivity index (χ4v) is 9.71. The number of rotatable bonds is 5. The van der Waals surface area contributed by atoms with Gasteiger partial charge in [0.1, 0.15) is 11.2 Å². The lowest BCUT2D eigenvalue weighted by molar-refractivity contribution is 0.669. The molecule has 0 radical (unpaired) electrons. The van der Waals surface area contributed by atoms with E-state index in [1.807, 2.05) is 84.1 Å². The largest absolute Gasteiger partial charge is 0.456 e.